The minimum absolute atomic E-state index is 0.339. The molecular formula is C23H19N3O. The first-order valence-corrected chi connectivity index (χ1v) is 8.82. The van der Waals surface area contributed by atoms with Crippen molar-refractivity contribution in [2.45, 2.75) is 13.0 Å². The first-order chi connectivity index (χ1) is 13.2. The second kappa shape index (κ2) is 7.48. The summed E-state index contributed by atoms with van der Waals surface area (Å²) in [6.45, 7) is 2.01. The number of aliphatic hydroxyl groups is 1. The number of nitrogens with zero attached hydrogens (tertiary/aromatic N) is 3. The summed E-state index contributed by atoms with van der Waals surface area (Å²) in [5.41, 5.74) is 3.66. The van der Waals surface area contributed by atoms with Gasteiger partial charge in [-0.25, -0.2) is 15.0 Å². The van der Waals surface area contributed by atoms with E-state index in [1.165, 1.54) is 0 Å². The van der Waals surface area contributed by atoms with Gasteiger partial charge in [-0.2, -0.15) is 0 Å². The molecule has 1 N–H and O–H groups in total. The molecule has 27 heavy (non-hydrogen) atoms. The SMILES string of the molecule is Cc1ccc(C(O)c2nc(-c3ccccc3)nc(-c3ccccc3)n2)cc1. The summed E-state index contributed by atoms with van der Waals surface area (Å²) in [5.74, 6) is 1.43. The van der Waals surface area contributed by atoms with E-state index in [0.29, 0.717) is 17.5 Å². The van der Waals surface area contributed by atoms with Crippen LogP contribution in [0.3, 0.4) is 0 Å². The van der Waals surface area contributed by atoms with Crippen molar-refractivity contribution in [3.63, 3.8) is 0 Å². The fraction of sp³-hybridized carbons (Fsp3) is 0.0870. The summed E-state index contributed by atoms with van der Waals surface area (Å²) in [4.78, 5) is 13.7. The molecule has 0 fully saturated rings. The zero-order valence-electron chi connectivity index (χ0n) is 14.9. The highest BCUT2D eigenvalue weighted by Crippen LogP contribution is 2.25. The molecule has 4 aromatic rings. The third kappa shape index (κ3) is 3.76. The second-order valence-electron chi connectivity index (χ2n) is 6.39. The minimum atomic E-state index is -0.918. The van der Waals surface area contributed by atoms with Gasteiger partial charge in [0.2, 0.25) is 0 Å². The molecule has 1 atom stereocenters. The summed E-state index contributed by atoms with van der Waals surface area (Å²) in [6, 6.07) is 27.2. The molecule has 1 aromatic heterocycles. The van der Waals surface area contributed by atoms with Crippen molar-refractivity contribution < 1.29 is 5.11 Å². The Morgan fingerprint density at radius 2 is 1.11 bits per heavy atom. The molecule has 0 aliphatic rings. The fourth-order valence-corrected chi connectivity index (χ4v) is 2.85. The van der Waals surface area contributed by atoms with Crippen molar-refractivity contribution in [2.75, 3.05) is 0 Å². The number of hydrogen-bond donors (Lipinski definition) is 1. The van der Waals surface area contributed by atoms with Crippen molar-refractivity contribution >= 4 is 0 Å². The van der Waals surface area contributed by atoms with E-state index >= 15 is 0 Å². The van der Waals surface area contributed by atoms with Gasteiger partial charge in [-0.15, -0.1) is 0 Å². The average molecular weight is 353 g/mol. The number of benzene rings is 3. The predicted molar refractivity (Wildman–Crippen MR) is 106 cm³/mol. The van der Waals surface area contributed by atoms with E-state index in [1.807, 2.05) is 91.9 Å². The summed E-state index contributed by atoms with van der Waals surface area (Å²) in [6.07, 6.45) is -0.918. The molecule has 132 valence electrons. The van der Waals surface area contributed by atoms with Crippen molar-refractivity contribution in [1.29, 1.82) is 0 Å². The third-order valence-electron chi connectivity index (χ3n) is 4.35. The maximum Gasteiger partial charge on any atom is 0.166 e. The van der Waals surface area contributed by atoms with Crippen LogP contribution in [-0.2, 0) is 0 Å². The Balaban J connectivity index is 1.84. The van der Waals surface area contributed by atoms with Crippen LogP contribution in [0.1, 0.15) is 23.1 Å². The molecule has 0 amide bonds. The van der Waals surface area contributed by atoms with Crippen LogP contribution in [0.15, 0.2) is 84.9 Å². The Bertz CT molecular complexity index is 974. The maximum atomic E-state index is 10.9. The molecule has 4 heteroatoms. The van der Waals surface area contributed by atoms with E-state index in [2.05, 4.69) is 15.0 Å². The van der Waals surface area contributed by atoms with Crippen LogP contribution in [0.25, 0.3) is 22.8 Å². The lowest BCUT2D eigenvalue weighted by molar-refractivity contribution is 0.210. The Hall–Kier alpha value is -3.37. The quantitative estimate of drug-likeness (QED) is 0.583. The molecular weight excluding hydrogens is 334 g/mol. The second-order valence-corrected chi connectivity index (χ2v) is 6.39. The van der Waals surface area contributed by atoms with Gasteiger partial charge in [0.1, 0.15) is 6.10 Å². The monoisotopic (exact) mass is 353 g/mol. The van der Waals surface area contributed by atoms with Crippen LogP contribution in [0.4, 0.5) is 0 Å². The Kier molecular flexibility index (Phi) is 4.73. The van der Waals surface area contributed by atoms with E-state index in [1.54, 1.807) is 0 Å². The lowest BCUT2D eigenvalue weighted by Crippen LogP contribution is -2.09. The molecule has 4 rings (SSSR count). The average Bonchev–Trinajstić information content (AvgIpc) is 2.75. The summed E-state index contributed by atoms with van der Waals surface area (Å²) < 4.78 is 0. The number of hydrogen-bond acceptors (Lipinski definition) is 4. The minimum Gasteiger partial charge on any atom is -0.380 e. The predicted octanol–water partition coefficient (Wildman–Crippen LogP) is 4.60. The number of aromatic nitrogens is 3. The topological polar surface area (TPSA) is 58.9 Å². The zero-order chi connectivity index (χ0) is 18.6. The van der Waals surface area contributed by atoms with Gasteiger partial charge < -0.3 is 5.11 Å². The molecule has 1 heterocycles. The first kappa shape index (κ1) is 17.1. The highest BCUT2D eigenvalue weighted by molar-refractivity contribution is 5.61. The third-order valence-corrected chi connectivity index (χ3v) is 4.35. The smallest absolute Gasteiger partial charge is 0.166 e. The maximum absolute atomic E-state index is 10.9. The van der Waals surface area contributed by atoms with E-state index in [-0.39, 0.29) is 0 Å². The van der Waals surface area contributed by atoms with Crippen LogP contribution >= 0.6 is 0 Å². The summed E-state index contributed by atoms with van der Waals surface area (Å²) in [5, 5.41) is 10.9. The lowest BCUT2D eigenvalue weighted by Gasteiger charge is -2.13. The van der Waals surface area contributed by atoms with Gasteiger partial charge in [0.25, 0.3) is 0 Å². The van der Waals surface area contributed by atoms with Gasteiger partial charge in [-0.05, 0) is 12.5 Å². The molecule has 1 unspecified atom stereocenters. The van der Waals surface area contributed by atoms with Gasteiger partial charge >= 0.3 is 0 Å². The van der Waals surface area contributed by atoms with Crippen molar-refractivity contribution in [1.82, 2.24) is 15.0 Å². The van der Waals surface area contributed by atoms with Crippen LogP contribution in [0.5, 0.6) is 0 Å². The van der Waals surface area contributed by atoms with E-state index < -0.39 is 6.10 Å². The standard InChI is InChI=1S/C23H19N3O/c1-16-12-14-17(15-13-16)20(27)23-25-21(18-8-4-2-5-9-18)24-22(26-23)19-10-6-3-7-11-19/h2-15,20,27H,1H3. The zero-order valence-corrected chi connectivity index (χ0v) is 14.9. The summed E-state index contributed by atoms with van der Waals surface area (Å²) in [7, 11) is 0. The van der Waals surface area contributed by atoms with Crippen molar-refractivity contribution in [3.05, 3.63) is 102 Å². The lowest BCUT2D eigenvalue weighted by atomic mass is 10.1. The van der Waals surface area contributed by atoms with Crippen LogP contribution < -0.4 is 0 Å². The molecule has 4 nitrogen and oxygen atoms in total. The molecule has 0 aliphatic carbocycles. The molecule has 0 radical (unpaired) electrons. The molecule has 0 saturated heterocycles. The van der Waals surface area contributed by atoms with Crippen LogP contribution in [-0.4, -0.2) is 20.1 Å². The van der Waals surface area contributed by atoms with Gasteiger partial charge in [0.15, 0.2) is 17.5 Å². The van der Waals surface area contributed by atoms with Crippen LogP contribution in [0, 0.1) is 6.92 Å². The van der Waals surface area contributed by atoms with Gasteiger partial charge in [0, 0.05) is 11.1 Å². The highest BCUT2D eigenvalue weighted by Gasteiger charge is 2.18. The van der Waals surface area contributed by atoms with Gasteiger partial charge in [0.05, 0.1) is 0 Å². The molecule has 0 saturated carbocycles. The van der Waals surface area contributed by atoms with Gasteiger partial charge in [-0.3, -0.25) is 0 Å². The van der Waals surface area contributed by atoms with Crippen molar-refractivity contribution in [3.8, 4) is 22.8 Å². The Morgan fingerprint density at radius 1 is 0.630 bits per heavy atom. The highest BCUT2D eigenvalue weighted by atomic mass is 16.3. The number of aliphatic hydroxyl groups excluding tert-OH is 1. The molecule has 0 spiro atoms. The molecule has 0 bridgehead atoms. The van der Waals surface area contributed by atoms with E-state index in [4.69, 9.17) is 0 Å². The Morgan fingerprint density at radius 3 is 1.59 bits per heavy atom. The Labute approximate surface area is 158 Å². The molecule has 3 aromatic carbocycles. The number of rotatable bonds is 4. The fourth-order valence-electron chi connectivity index (χ4n) is 2.85. The number of aryl methyl sites for hydroxylation is 1. The van der Waals surface area contributed by atoms with E-state index in [9.17, 15) is 5.11 Å². The van der Waals surface area contributed by atoms with E-state index in [0.717, 1.165) is 22.3 Å². The first-order valence-electron chi connectivity index (χ1n) is 8.82. The molecule has 0 aliphatic heterocycles. The van der Waals surface area contributed by atoms with Crippen molar-refractivity contribution in [2.24, 2.45) is 0 Å². The normalized spacial score (nSPS) is 11.9. The largest absolute Gasteiger partial charge is 0.380 e. The van der Waals surface area contributed by atoms with Gasteiger partial charge in [-0.1, -0.05) is 90.5 Å². The van der Waals surface area contributed by atoms with Crippen LogP contribution in [0.2, 0.25) is 0 Å². The summed E-state index contributed by atoms with van der Waals surface area (Å²) >= 11 is 0.